The molecule has 0 atom stereocenters. The number of oxazole rings is 1. The zero-order valence-electron chi connectivity index (χ0n) is 7.56. The molecule has 0 saturated heterocycles. The lowest BCUT2D eigenvalue weighted by Crippen LogP contribution is -2.10. The van der Waals surface area contributed by atoms with Crippen molar-refractivity contribution in [2.24, 2.45) is 11.5 Å². The number of nitrogens with zero attached hydrogens (tertiary/aromatic N) is 1. The van der Waals surface area contributed by atoms with Crippen LogP contribution in [-0.4, -0.2) is 15.9 Å². The van der Waals surface area contributed by atoms with Gasteiger partial charge in [-0.1, -0.05) is 12.2 Å². The van der Waals surface area contributed by atoms with Gasteiger partial charge in [0.2, 0.25) is 5.91 Å². The van der Waals surface area contributed by atoms with Crippen molar-refractivity contribution in [1.82, 2.24) is 4.98 Å². The molecule has 2 rings (SSSR count). The van der Waals surface area contributed by atoms with Crippen LogP contribution in [0.15, 0.2) is 22.6 Å². The Balaban J connectivity index is 2.62. The quantitative estimate of drug-likeness (QED) is 0.722. The number of fused-ring (bicyclic) bond motifs is 1. The molecule has 2 aromatic rings. The average Bonchev–Trinajstić information content (AvgIpc) is 2.59. The number of aromatic nitrogens is 1. The lowest BCUT2D eigenvalue weighted by atomic mass is 10.2. The molecule has 15 heavy (non-hydrogen) atoms. The van der Waals surface area contributed by atoms with Crippen LogP contribution in [0.3, 0.4) is 0 Å². The number of carbonyl (C=O) groups excluding carboxylic acids is 1. The number of hydrogen-bond acceptors (Lipinski definition) is 4. The first-order valence-electron chi connectivity index (χ1n) is 4.08. The fourth-order valence-corrected chi connectivity index (χ4v) is 1.27. The highest BCUT2D eigenvalue weighted by molar-refractivity contribution is 7.80. The van der Waals surface area contributed by atoms with Gasteiger partial charge in [0.25, 0.3) is 5.89 Å². The third kappa shape index (κ3) is 1.66. The Labute approximate surface area is 90.1 Å². The second-order valence-corrected chi connectivity index (χ2v) is 3.37. The summed E-state index contributed by atoms with van der Waals surface area (Å²) in [5.41, 5.74) is 11.9. The summed E-state index contributed by atoms with van der Waals surface area (Å²) in [4.78, 5) is 15.0. The Bertz CT molecular complexity index is 549. The van der Waals surface area contributed by atoms with Crippen LogP contribution in [-0.2, 0) is 0 Å². The standard InChI is InChI=1S/C9H7N3O2S/c10-7(13)4-1-2-6-5(3-4)12-9(14-6)8(11)15/h1-3H,(H2,10,13)(H2,11,15). The molecule has 76 valence electrons. The molecule has 5 nitrogen and oxygen atoms in total. The van der Waals surface area contributed by atoms with Crippen molar-refractivity contribution < 1.29 is 9.21 Å². The molecule has 0 aliphatic rings. The van der Waals surface area contributed by atoms with Crippen molar-refractivity contribution in [2.45, 2.75) is 0 Å². The number of primary amides is 1. The Morgan fingerprint density at radius 2 is 2.13 bits per heavy atom. The van der Waals surface area contributed by atoms with Gasteiger partial charge in [0.1, 0.15) is 5.52 Å². The molecule has 0 saturated carbocycles. The van der Waals surface area contributed by atoms with Crippen molar-refractivity contribution in [3.8, 4) is 0 Å². The lowest BCUT2D eigenvalue weighted by Gasteiger charge is -1.92. The summed E-state index contributed by atoms with van der Waals surface area (Å²) < 4.78 is 5.23. The maximum Gasteiger partial charge on any atom is 0.255 e. The van der Waals surface area contributed by atoms with Crippen LogP contribution in [0.5, 0.6) is 0 Å². The van der Waals surface area contributed by atoms with Gasteiger partial charge in [-0.25, -0.2) is 4.98 Å². The first kappa shape index (κ1) is 9.60. The number of carbonyl (C=O) groups is 1. The van der Waals surface area contributed by atoms with Gasteiger partial charge in [-0.05, 0) is 18.2 Å². The predicted octanol–water partition coefficient (Wildman–Crippen LogP) is 0.561. The fraction of sp³-hybridized carbons (Fsp3) is 0. The molecule has 1 aromatic carbocycles. The van der Waals surface area contributed by atoms with E-state index >= 15 is 0 Å². The van der Waals surface area contributed by atoms with Gasteiger partial charge in [-0.3, -0.25) is 4.79 Å². The average molecular weight is 221 g/mol. The topological polar surface area (TPSA) is 95.1 Å². The predicted molar refractivity (Wildman–Crippen MR) is 58.4 cm³/mol. The summed E-state index contributed by atoms with van der Waals surface area (Å²) in [5.74, 6) is -0.335. The molecule has 6 heteroatoms. The maximum atomic E-state index is 10.9. The van der Waals surface area contributed by atoms with Crippen LogP contribution in [0.2, 0.25) is 0 Å². The molecule has 0 fully saturated rings. The monoisotopic (exact) mass is 221 g/mol. The molecule has 1 aromatic heterocycles. The van der Waals surface area contributed by atoms with E-state index < -0.39 is 5.91 Å². The Kier molecular flexibility index (Phi) is 2.12. The van der Waals surface area contributed by atoms with E-state index in [9.17, 15) is 4.79 Å². The lowest BCUT2D eigenvalue weighted by molar-refractivity contribution is 0.100. The van der Waals surface area contributed by atoms with E-state index in [0.29, 0.717) is 16.7 Å². The molecule has 0 spiro atoms. The molecular weight excluding hydrogens is 214 g/mol. The molecule has 1 heterocycles. The highest BCUT2D eigenvalue weighted by atomic mass is 32.1. The van der Waals surface area contributed by atoms with Crippen molar-refractivity contribution in [3.05, 3.63) is 29.7 Å². The summed E-state index contributed by atoms with van der Waals surface area (Å²) in [6, 6.07) is 4.69. The van der Waals surface area contributed by atoms with Crippen LogP contribution in [0.25, 0.3) is 11.1 Å². The number of amides is 1. The van der Waals surface area contributed by atoms with E-state index in [1.807, 2.05) is 0 Å². The van der Waals surface area contributed by atoms with Crippen LogP contribution in [0, 0.1) is 0 Å². The van der Waals surface area contributed by atoms with E-state index in [4.69, 9.17) is 28.1 Å². The minimum atomic E-state index is -0.517. The van der Waals surface area contributed by atoms with E-state index in [1.165, 1.54) is 6.07 Å². The smallest absolute Gasteiger partial charge is 0.255 e. The molecule has 4 N–H and O–H groups in total. The molecule has 0 radical (unpaired) electrons. The zero-order valence-corrected chi connectivity index (χ0v) is 8.38. The van der Waals surface area contributed by atoms with Crippen LogP contribution in [0.4, 0.5) is 0 Å². The van der Waals surface area contributed by atoms with Gasteiger partial charge in [0.15, 0.2) is 10.6 Å². The van der Waals surface area contributed by atoms with Gasteiger partial charge < -0.3 is 15.9 Å². The number of benzene rings is 1. The number of nitrogens with two attached hydrogens (primary N) is 2. The van der Waals surface area contributed by atoms with Crippen LogP contribution >= 0.6 is 12.2 Å². The van der Waals surface area contributed by atoms with Gasteiger partial charge >= 0.3 is 0 Å². The SMILES string of the molecule is NC(=O)c1ccc2oc(C(N)=S)nc2c1. The van der Waals surface area contributed by atoms with Crippen molar-refractivity contribution >= 4 is 34.2 Å². The van der Waals surface area contributed by atoms with E-state index in [0.717, 1.165) is 0 Å². The zero-order chi connectivity index (χ0) is 11.0. The summed E-state index contributed by atoms with van der Waals surface area (Å²) in [7, 11) is 0. The summed E-state index contributed by atoms with van der Waals surface area (Å²) in [6.07, 6.45) is 0. The minimum Gasteiger partial charge on any atom is -0.434 e. The highest BCUT2D eigenvalue weighted by Gasteiger charge is 2.09. The van der Waals surface area contributed by atoms with Gasteiger partial charge in [0.05, 0.1) is 0 Å². The summed E-state index contributed by atoms with van der Waals surface area (Å²) in [6.45, 7) is 0. The second kappa shape index (κ2) is 3.32. The Morgan fingerprint density at radius 1 is 1.40 bits per heavy atom. The highest BCUT2D eigenvalue weighted by Crippen LogP contribution is 2.16. The van der Waals surface area contributed by atoms with Crippen molar-refractivity contribution in [2.75, 3.05) is 0 Å². The van der Waals surface area contributed by atoms with E-state index in [-0.39, 0.29) is 10.9 Å². The number of rotatable bonds is 2. The maximum absolute atomic E-state index is 10.9. The van der Waals surface area contributed by atoms with Crippen LogP contribution < -0.4 is 11.5 Å². The molecule has 0 unspecified atom stereocenters. The summed E-state index contributed by atoms with van der Waals surface area (Å²) >= 11 is 4.72. The van der Waals surface area contributed by atoms with Crippen LogP contribution in [0.1, 0.15) is 16.2 Å². The second-order valence-electron chi connectivity index (χ2n) is 2.93. The van der Waals surface area contributed by atoms with E-state index in [1.54, 1.807) is 12.1 Å². The Morgan fingerprint density at radius 3 is 2.73 bits per heavy atom. The fourth-order valence-electron chi connectivity index (χ4n) is 1.19. The normalized spacial score (nSPS) is 10.4. The van der Waals surface area contributed by atoms with Gasteiger partial charge in [-0.2, -0.15) is 0 Å². The first-order chi connectivity index (χ1) is 7.08. The first-order valence-corrected chi connectivity index (χ1v) is 4.49. The molecule has 0 bridgehead atoms. The van der Waals surface area contributed by atoms with E-state index in [2.05, 4.69) is 4.98 Å². The largest absolute Gasteiger partial charge is 0.434 e. The third-order valence-electron chi connectivity index (χ3n) is 1.88. The number of hydrogen-bond donors (Lipinski definition) is 2. The van der Waals surface area contributed by atoms with Gasteiger partial charge in [-0.15, -0.1) is 0 Å². The van der Waals surface area contributed by atoms with Crippen molar-refractivity contribution in [3.63, 3.8) is 0 Å². The number of thiocarbonyl (C=S) groups is 1. The summed E-state index contributed by atoms with van der Waals surface area (Å²) in [5, 5.41) is 0. The molecular formula is C9H7N3O2S. The van der Waals surface area contributed by atoms with Crippen molar-refractivity contribution in [1.29, 1.82) is 0 Å². The Hall–Kier alpha value is -1.95. The van der Waals surface area contributed by atoms with Gasteiger partial charge in [0, 0.05) is 5.56 Å². The molecule has 0 aliphatic carbocycles. The molecule has 1 amide bonds. The third-order valence-corrected chi connectivity index (χ3v) is 2.06. The molecule has 0 aliphatic heterocycles. The minimum absolute atomic E-state index is 0.0758.